The maximum Gasteiger partial charge on any atom is 0.0768 e. The van der Waals surface area contributed by atoms with Crippen LogP contribution in [-0.4, -0.2) is 48.8 Å². The SMILES string of the molecule is CCC(O)(CC)CN1CCCC(CNC)C1. The molecule has 0 radical (unpaired) electrons. The molecule has 1 fully saturated rings. The maximum atomic E-state index is 10.3. The Bertz CT molecular complexity index is 190. The zero-order valence-electron chi connectivity index (χ0n) is 11.1. The van der Waals surface area contributed by atoms with Crippen LogP contribution in [0.4, 0.5) is 0 Å². The van der Waals surface area contributed by atoms with Crippen LogP contribution in [0.2, 0.25) is 0 Å². The second kappa shape index (κ2) is 6.58. The lowest BCUT2D eigenvalue weighted by Gasteiger charge is -2.38. The van der Waals surface area contributed by atoms with Crippen molar-refractivity contribution in [3.05, 3.63) is 0 Å². The van der Waals surface area contributed by atoms with E-state index in [4.69, 9.17) is 0 Å². The fraction of sp³-hybridized carbons (Fsp3) is 1.00. The Labute approximate surface area is 100 Å². The third kappa shape index (κ3) is 4.04. The summed E-state index contributed by atoms with van der Waals surface area (Å²) in [6, 6.07) is 0. The van der Waals surface area contributed by atoms with Crippen molar-refractivity contribution in [1.82, 2.24) is 10.2 Å². The second-order valence-corrected chi connectivity index (χ2v) is 5.23. The molecule has 1 unspecified atom stereocenters. The molecular weight excluding hydrogens is 200 g/mol. The topological polar surface area (TPSA) is 35.5 Å². The van der Waals surface area contributed by atoms with Crippen molar-refractivity contribution in [3.63, 3.8) is 0 Å². The Hall–Kier alpha value is -0.120. The first-order valence-electron chi connectivity index (χ1n) is 6.73. The summed E-state index contributed by atoms with van der Waals surface area (Å²) in [6.45, 7) is 8.41. The van der Waals surface area contributed by atoms with Crippen molar-refractivity contribution in [2.75, 3.05) is 33.2 Å². The summed E-state index contributed by atoms with van der Waals surface area (Å²) in [7, 11) is 2.02. The normalized spacial score (nSPS) is 23.6. The standard InChI is InChI=1S/C13H28N2O/c1-4-13(16,5-2)11-15-8-6-7-12(10-15)9-14-3/h12,14,16H,4-11H2,1-3H3. The van der Waals surface area contributed by atoms with E-state index in [1.54, 1.807) is 0 Å². The zero-order valence-corrected chi connectivity index (χ0v) is 11.1. The summed E-state index contributed by atoms with van der Waals surface area (Å²) in [5.74, 6) is 0.761. The first kappa shape index (κ1) is 13.9. The summed E-state index contributed by atoms with van der Waals surface area (Å²) >= 11 is 0. The van der Waals surface area contributed by atoms with Crippen LogP contribution < -0.4 is 5.32 Å². The average molecular weight is 228 g/mol. The molecule has 0 aliphatic carbocycles. The molecule has 3 nitrogen and oxygen atoms in total. The van der Waals surface area contributed by atoms with Crippen LogP contribution in [0.5, 0.6) is 0 Å². The van der Waals surface area contributed by atoms with Crippen LogP contribution in [0.25, 0.3) is 0 Å². The van der Waals surface area contributed by atoms with E-state index in [1.165, 1.54) is 12.8 Å². The summed E-state index contributed by atoms with van der Waals surface area (Å²) in [5, 5.41) is 13.6. The van der Waals surface area contributed by atoms with Crippen LogP contribution >= 0.6 is 0 Å². The Kier molecular flexibility index (Phi) is 5.73. The molecule has 0 aromatic rings. The number of likely N-dealkylation sites (tertiary alicyclic amines) is 1. The quantitative estimate of drug-likeness (QED) is 0.722. The van der Waals surface area contributed by atoms with E-state index >= 15 is 0 Å². The minimum Gasteiger partial charge on any atom is -0.389 e. The van der Waals surface area contributed by atoms with Crippen molar-refractivity contribution >= 4 is 0 Å². The minimum atomic E-state index is -0.471. The number of rotatable bonds is 6. The lowest BCUT2D eigenvalue weighted by atomic mass is 9.93. The number of β-amino-alcohol motifs (C(OH)–C–C–N with tert-alkyl or cyclic N) is 1. The minimum absolute atomic E-state index is 0.471. The van der Waals surface area contributed by atoms with Gasteiger partial charge in [-0.15, -0.1) is 0 Å². The van der Waals surface area contributed by atoms with Gasteiger partial charge < -0.3 is 15.3 Å². The molecule has 1 atom stereocenters. The van der Waals surface area contributed by atoms with Gasteiger partial charge in [-0.2, -0.15) is 0 Å². The fourth-order valence-corrected chi connectivity index (χ4v) is 2.64. The van der Waals surface area contributed by atoms with Gasteiger partial charge in [-0.05, 0) is 51.7 Å². The highest BCUT2D eigenvalue weighted by Gasteiger charge is 2.28. The Morgan fingerprint density at radius 3 is 2.62 bits per heavy atom. The van der Waals surface area contributed by atoms with E-state index < -0.39 is 5.60 Å². The number of nitrogens with one attached hydrogen (secondary N) is 1. The molecule has 1 aliphatic rings. The molecule has 0 saturated carbocycles. The van der Waals surface area contributed by atoms with Gasteiger partial charge in [0.25, 0.3) is 0 Å². The lowest BCUT2D eigenvalue weighted by molar-refractivity contribution is -0.0135. The molecule has 96 valence electrons. The molecule has 0 bridgehead atoms. The molecule has 1 heterocycles. The molecule has 1 aliphatic heterocycles. The Balaban J connectivity index is 2.41. The van der Waals surface area contributed by atoms with Gasteiger partial charge in [0.2, 0.25) is 0 Å². The number of hydrogen-bond acceptors (Lipinski definition) is 3. The smallest absolute Gasteiger partial charge is 0.0768 e. The molecule has 3 heteroatoms. The van der Waals surface area contributed by atoms with Crippen molar-refractivity contribution < 1.29 is 5.11 Å². The molecule has 1 rings (SSSR count). The van der Waals surface area contributed by atoms with Gasteiger partial charge in [-0.25, -0.2) is 0 Å². The summed E-state index contributed by atoms with van der Waals surface area (Å²) in [6.07, 6.45) is 4.32. The summed E-state index contributed by atoms with van der Waals surface area (Å²) < 4.78 is 0. The van der Waals surface area contributed by atoms with E-state index in [9.17, 15) is 5.11 Å². The summed E-state index contributed by atoms with van der Waals surface area (Å²) in [5.41, 5.74) is -0.471. The van der Waals surface area contributed by atoms with E-state index in [0.717, 1.165) is 44.9 Å². The zero-order chi connectivity index (χ0) is 12.0. The highest BCUT2D eigenvalue weighted by atomic mass is 16.3. The van der Waals surface area contributed by atoms with Gasteiger partial charge in [-0.3, -0.25) is 0 Å². The van der Waals surface area contributed by atoms with E-state index in [2.05, 4.69) is 24.1 Å². The van der Waals surface area contributed by atoms with Crippen molar-refractivity contribution in [2.45, 2.75) is 45.1 Å². The molecule has 2 N–H and O–H groups in total. The van der Waals surface area contributed by atoms with Crippen molar-refractivity contribution in [3.8, 4) is 0 Å². The van der Waals surface area contributed by atoms with Crippen LogP contribution in [-0.2, 0) is 0 Å². The van der Waals surface area contributed by atoms with Crippen LogP contribution in [0.1, 0.15) is 39.5 Å². The van der Waals surface area contributed by atoms with E-state index in [0.29, 0.717) is 0 Å². The number of nitrogens with zero attached hydrogens (tertiary/aromatic N) is 1. The summed E-state index contributed by atoms with van der Waals surface area (Å²) in [4.78, 5) is 2.44. The number of hydrogen-bond donors (Lipinski definition) is 2. The van der Waals surface area contributed by atoms with Gasteiger partial charge in [0, 0.05) is 13.1 Å². The predicted molar refractivity (Wildman–Crippen MR) is 68.6 cm³/mol. The molecule has 0 aromatic carbocycles. The molecule has 1 saturated heterocycles. The number of aliphatic hydroxyl groups is 1. The molecule has 0 aromatic heterocycles. The van der Waals surface area contributed by atoms with Crippen molar-refractivity contribution in [1.29, 1.82) is 0 Å². The molecule has 0 spiro atoms. The van der Waals surface area contributed by atoms with Gasteiger partial charge in [0.05, 0.1) is 5.60 Å². The van der Waals surface area contributed by atoms with Gasteiger partial charge in [0.15, 0.2) is 0 Å². The third-order valence-corrected chi connectivity index (χ3v) is 3.93. The predicted octanol–water partition coefficient (Wildman–Crippen LogP) is 1.47. The average Bonchev–Trinajstić information content (AvgIpc) is 2.30. The van der Waals surface area contributed by atoms with Gasteiger partial charge in [0.1, 0.15) is 0 Å². The Morgan fingerprint density at radius 1 is 1.38 bits per heavy atom. The highest BCUT2D eigenvalue weighted by Crippen LogP contribution is 2.21. The highest BCUT2D eigenvalue weighted by molar-refractivity contribution is 4.83. The van der Waals surface area contributed by atoms with Gasteiger partial charge >= 0.3 is 0 Å². The van der Waals surface area contributed by atoms with Gasteiger partial charge in [-0.1, -0.05) is 13.8 Å². The second-order valence-electron chi connectivity index (χ2n) is 5.23. The Morgan fingerprint density at radius 2 is 2.06 bits per heavy atom. The van der Waals surface area contributed by atoms with Crippen LogP contribution in [0.15, 0.2) is 0 Å². The largest absolute Gasteiger partial charge is 0.389 e. The molecule has 0 amide bonds. The monoisotopic (exact) mass is 228 g/mol. The van der Waals surface area contributed by atoms with Crippen LogP contribution in [0, 0.1) is 5.92 Å². The van der Waals surface area contributed by atoms with Crippen molar-refractivity contribution in [2.24, 2.45) is 5.92 Å². The fourth-order valence-electron chi connectivity index (χ4n) is 2.64. The molecule has 16 heavy (non-hydrogen) atoms. The first-order valence-corrected chi connectivity index (χ1v) is 6.73. The first-order chi connectivity index (χ1) is 7.63. The van der Waals surface area contributed by atoms with E-state index in [-0.39, 0.29) is 0 Å². The number of piperidine rings is 1. The maximum absolute atomic E-state index is 10.3. The van der Waals surface area contributed by atoms with Crippen LogP contribution in [0.3, 0.4) is 0 Å². The van der Waals surface area contributed by atoms with E-state index in [1.807, 2.05) is 7.05 Å². The third-order valence-electron chi connectivity index (χ3n) is 3.93. The molecular formula is C13H28N2O. The lowest BCUT2D eigenvalue weighted by Crippen LogP contribution is -2.47.